The van der Waals surface area contributed by atoms with E-state index in [-0.39, 0.29) is 56.3 Å². The van der Waals surface area contributed by atoms with E-state index in [1.54, 1.807) is 24.3 Å². The first-order chi connectivity index (χ1) is 14.0. The molecule has 2 rings (SSSR count). The van der Waals surface area contributed by atoms with Gasteiger partial charge in [-0.3, -0.25) is 0 Å². The molecule has 4 nitrogen and oxygen atoms in total. The second-order valence-corrected chi connectivity index (χ2v) is 8.92. The van der Waals surface area contributed by atoms with Crippen molar-refractivity contribution < 1.29 is 69.1 Å². The van der Waals surface area contributed by atoms with Crippen LogP contribution in [-0.4, -0.2) is 13.0 Å². The Kier molecular flexibility index (Phi) is 14.4. The van der Waals surface area contributed by atoms with Crippen molar-refractivity contribution in [2.24, 2.45) is 0 Å². The van der Waals surface area contributed by atoms with Crippen LogP contribution in [0.4, 0.5) is 0 Å². The molecular formula is C24H33KO4S. The first kappa shape index (κ1) is 27.8. The Morgan fingerprint density at radius 3 is 1.90 bits per heavy atom. The third kappa shape index (κ3) is 10.9. The molecule has 0 atom stereocenters. The molecule has 0 fully saturated rings. The third-order valence-electron chi connectivity index (χ3n) is 5.09. The number of ether oxygens (including phenoxy) is 1. The van der Waals surface area contributed by atoms with Crippen molar-refractivity contribution in [3.05, 3.63) is 54.1 Å². The van der Waals surface area contributed by atoms with Crippen LogP contribution >= 0.6 is 0 Å². The van der Waals surface area contributed by atoms with Crippen molar-refractivity contribution in [1.29, 1.82) is 0 Å². The minimum Gasteiger partial charge on any atom is -0.744 e. The normalized spacial score (nSPS) is 11.1. The van der Waals surface area contributed by atoms with Gasteiger partial charge in [-0.05, 0) is 42.7 Å². The second-order valence-electron chi connectivity index (χ2n) is 7.57. The van der Waals surface area contributed by atoms with Gasteiger partial charge in [-0.1, -0.05) is 89.0 Å². The summed E-state index contributed by atoms with van der Waals surface area (Å²) in [5, 5.41) is 0. The summed E-state index contributed by atoms with van der Waals surface area (Å²) in [7, 11) is -4.54. The van der Waals surface area contributed by atoms with Crippen LogP contribution in [0.1, 0.15) is 76.7 Å². The molecule has 0 saturated carbocycles. The number of hydrogen-bond acceptors (Lipinski definition) is 4. The maximum Gasteiger partial charge on any atom is 1.00 e. The van der Waals surface area contributed by atoms with Crippen LogP contribution in [0, 0.1) is 0 Å². The average Bonchev–Trinajstić information content (AvgIpc) is 2.70. The molecule has 0 aliphatic heterocycles. The topological polar surface area (TPSA) is 66.4 Å². The van der Waals surface area contributed by atoms with Gasteiger partial charge in [0.25, 0.3) is 0 Å². The Balaban J connectivity index is 0.00000450. The molecule has 30 heavy (non-hydrogen) atoms. The summed E-state index contributed by atoms with van der Waals surface area (Å²) in [6, 6.07) is 13.9. The van der Waals surface area contributed by atoms with Gasteiger partial charge in [0.15, 0.2) is 0 Å². The van der Waals surface area contributed by atoms with Crippen LogP contribution in [-0.2, 0) is 16.5 Å². The molecule has 0 N–H and O–H groups in total. The molecule has 0 aliphatic carbocycles. The summed E-state index contributed by atoms with van der Waals surface area (Å²) in [5.74, 6) is 0.960. The van der Waals surface area contributed by atoms with E-state index >= 15 is 0 Å². The fourth-order valence-corrected chi connectivity index (χ4v) is 4.22. The minimum atomic E-state index is -4.54. The SMILES string of the molecule is CCCCCCCCCCCCc1ccc(Oc2ccccc2)cc1S(=O)(=O)[O-].[K+]. The van der Waals surface area contributed by atoms with E-state index in [4.69, 9.17) is 4.74 Å². The van der Waals surface area contributed by atoms with Crippen molar-refractivity contribution in [2.45, 2.75) is 82.4 Å². The molecular weight excluding hydrogens is 423 g/mol. The van der Waals surface area contributed by atoms with E-state index in [0.717, 1.165) is 19.3 Å². The Bertz CT molecular complexity index is 822. The number of hydrogen-bond donors (Lipinski definition) is 0. The van der Waals surface area contributed by atoms with Gasteiger partial charge in [-0.25, -0.2) is 8.42 Å². The third-order valence-corrected chi connectivity index (χ3v) is 6.01. The molecule has 2 aromatic carbocycles. The Hall–Kier alpha value is -0.214. The molecule has 0 aromatic heterocycles. The van der Waals surface area contributed by atoms with Crippen LogP contribution < -0.4 is 56.1 Å². The summed E-state index contributed by atoms with van der Waals surface area (Å²) < 4.78 is 40.9. The van der Waals surface area contributed by atoms with Gasteiger partial charge in [0.05, 0.1) is 4.90 Å². The van der Waals surface area contributed by atoms with Gasteiger partial charge < -0.3 is 9.29 Å². The number of para-hydroxylation sites is 1. The fourth-order valence-electron chi connectivity index (χ4n) is 3.47. The molecule has 160 valence electrons. The Labute approximate surface area is 225 Å². The molecule has 6 heteroatoms. The largest absolute Gasteiger partial charge is 1.00 e. The van der Waals surface area contributed by atoms with Crippen LogP contribution in [0.2, 0.25) is 0 Å². The maximum absolute atomic E-state index is 11.7. The van der Waals surface area contributed by atoms with Crippen LogP contribution in [0.3, 0.4) is 0 Å². The van der Waals surface area contributed by atoms with Crippen molar-refractivity contribution in [3.8, 4) is 11.5 Å². The summed E-state index contributed by atoms with van der Waals surface area (Å²) in [6.45, 7) is 2.23. The Morgan fingerprint density at radius 1 is 0.767 bits per heavy atom. The smallest absolute Gasteiger partial charge is 0.744 e. The van der Waals surface area contributed by atoms with E-state index in [0.29, 0.717) is 23.5 Å². The van der Waals surface area contributed by atoms with Crippen molar-refractivity contribution in [3.63, 3.8) is 0 Å². The standard InChI is InChI=1S/C24H34O4S.K/c1-2-3-4-5-6-7-8-9-10-12-15-21-18-19-23(20-24(21)29(25,26)27)28-22-16-13-11-14-17-22;/h11,13-14,16-20H,2-10,12,15H2,1H3,(H,25,26,27);/q;+1/p-1. The summed E-state index contributed by atoms with van der Waals surface area (Å²) in [5.41, 5.74) is 0.583. The van der Waals surface area contributed by atoms with E-state index in [1.807, 2.05) is 18.2 Å². The molecule has 0 unspecified atom stereocenters. The average molecular weight is 457 g/mol. The molecule has 0 spiro atoms. The zero-order valence-corrected chi connectivity index (χ0v) is 22.4. The minimum absolute atomic E-state index is 0. The second kappa shape index (κ2) is 15.6. The number of aryl methyl sites for hydroxylation is 1. The first-order valence-electron chi connectivity index (χ1n) is 10.8. The first-order valence-corrected chi connectivity index (χ1v) is 12.2. The molecule has 0 amide bonds. The molecule has 0 radical (unpaired) electrons. The zero-order valence-electron chi connectivity index (χ0n) is 18.4. The van der Waals surface area contributed by atoms with E-state index < -0.39 is 10.1 Å². The molecule has 2 aromatic rings. The van der Waals surface area contributed by atoms with Gasteiger partial charge in [-0.15, -0.1) is 0 Å². The van der Waals surface area contributed by atoms with Gasteiger partial charge >= 0.3 is 51.4 Å². The van der Waals surface area contributed by atoms with Gasteiger partial charge in [0.2, 0.25) is 0 Å². The van der Waals surface area contributed by atoms with E-state index in [2.05, 4.69) is 6.92 Å². The quantitative estimate of drug-likeness (QED) is 0.246. The van der Waals surface area contributed by atoms with Crippen LogP contribution in [0.25, 0.3) is 0 Å². The van der Waals surface area contributed by atoms with Crippen molar-refractivity contribution >= 4 is 10.1 Å². The number of benzene rings is 2. The predicted octanol–water partition coefficient (Wildman–Crippen LogP) is 3.85. The number of rotatable bonds is 14. The van der Waals surface area contributed by atoms with Gasteiger partial charge in [0, 0.05) is 0 Å². The summed E-state index contributed by atoms with van der Waals surface area (Å²) >= 11 is 0. The maximum atomic E-state index is 11.7. The molecule has 0 aliphatic rings. The molecule has 0 heterocycles. The summed E-state index contributed by atoms with van der Waals surface area (Å²) in [4.78, 5) is -0.165. The van der Waals surface area contributed by atoms with E-state index in [1.165, 1.54) is 51.0 Å². The molecule has 0 bridgehead atoms. The molecule has 0 saturated heterocycles. The predicted molar refractivity (Wildman–Crippen MR) is 116 cm³/mol. The van der Waals surface area contributed by atoms with Crippen molar-refractivity contribution in [1.82, 2.24) is 0 Å². The number of unbranched alkanes of at least 4 members (excludes halogenated alkanes) is 9. The summed E-state index contributed by atoms with van der Waals surface area (Å²) in [6.07, 6.45) is 12.8. The zero-order chi connectivity index (χ0) is 21.0. The van der Waals surface area contributed by atoms with Gasteiger partial charge in [0.1, 0.15) is 21.6 Å². The fraction of sp³-hybridized carbons (Fsp3) is 0.500. The van der Waals surface area contributed by atoms with E-state index in [9.17, 15) is 13.0 Å². The van der Waals surface area contributed by atoms with Crippen LogP contribution in [0.5, 0.6) is 11.5 Å². The van der Waals surface area contributed by atoms with Crippen molar-refractivity contribution in [2.75, 3.05) is 0 Å². The monoisotopic (exact) mass is 456 g/mol. The Morgan fingerprint density at radius 2 is 1.33 bits per heavy atom. The van der Waals surface area contributed by atoms with Gasteiger partial charge in [-0.2, -0.15) is 0 Å². The van der Waals surface area contributed by atoms with Crippen LogP contribution in [0.15, 0.2) is 53.4 Å².